The lowest BCUT2D eigenvalue weighted by atomic mass is 9.65. The van der Waals surface area contributed by atoms with Gasteiger partial charge in [0.05, 0.1) is 18.2 Å². The van der Waals surface area contributed by atoms with Crippen molar-refractivity contribution >= 4 is 40.1 Å². The summed E-state index contributed by atoms with van der Waals surface area (Å²) in [4.78, 5) is 16.2. The summed E-state index contributed by atoms with van der Waals surface area (Å²) in [5, 5.41) is 21.1. The van der Waals surface area contributed by atoms with Crippen LogP contribution in [0.2, 0.25) is 0 Å². The Morgan fingerprint density at radius 1 is 0.938 bits per heavy atom. The molecule has 5 heteroatoms. The number of carbonyl (C=O) groups is 1. The lowest BCUT2D eigenvalue weighted by molar-refractivity contribution is 0.0841. The molecule has 3 aromatic rings. The quantitative estimate of drug-likeness (QED) is 0.330. The number of nitrogens with zero attached hydrogens (tertiary/aromatic N) is 3. The molecule has 2 heterocycles. The molecule has 0 N–H and O–H groups in total. The molecule has 0 radical (unpaired) electrons. The number of ketones is 1. The molecule has 0 spiro atoms. The Hall–Kier alpha value is -3.42. The smallest absolute Gasteiger partial charge is 0.187 e. The van der Waals surface area contributed by atoms with E-state index in [1.165, 1.54) is 0 Å². The van der Waals surface area contributed by atoms with Crippen LogP contribution in [0.3, 0.4) is 0 Å². The number of para-hydroxylation sites is 1. The number of nitriles is 2. The average molecular weight is 527 g/mol. The second kappa shape index (κ2) is 7.93. The molecule has 4 unspecified atom stereocenters. The number of benzene rings is 3. The van der Waals surface area contributed by atoms with Gasteiger partial charge in [-0.25, -0.2) is 0 Å². The Labute approximate surface area is 200 Å². The number of Topliss-reactive ketones (excluding diaryl/α,β-unsaturated/α-hetero) is 1. The third-order valence-corrected chi connectivity index (χ3v) is 7.46. The van der Waals surface area contributed by atoms with Gasteiger partial charge < -0.3 is 4.90 Å². The molecule has 0 saturated carbocycles. The van der Waals surface area contributed by atoms with Gasteiger partial charge in [0, 0.05) is 20.7 Å². The lowest BCUT2D eigenvalue weighted by Gasteiger charge is -2.36. The van der Waals surface area contributed by atoms with Crippen molar-refractivity contribution in [1.29, 1.82) is 10.5 Å². The summed E-state index contributed by atoms with van der Waals surface area (Å²) in [5.74, 6) is -0.848. The van der Waals surface area contributed by atoms with Gasteiger partial charge >= 0.3 is 0 Å². The van der Waals surface area contributed by atoms with Gasteiger partial charge in [0.2, 0.25) is 0 Å². The first-order chi connectivity index (χ1) is 15.6. The lowest BCUT2D eigenvalue weighted by Crippen LogP contribution is -2.46. The molecule has 4 nitrogen and oxygen atoms in total. The summed E-state index contributed by atoms with van der Waals surface area (Å²) in [6.07, 6.45) is 3.89. The van der Waals surface area contributed by atoms with E-state index in [0.717, 1.165) is 20.4 Å². The van der Waals surface area contributed by atoms with Gasteiger partial charge in [-0.05, 0) is 45.9 Å². The molecular weight excluding hydrogens is 509 g/mol. The third-order valence-electron chi connectivity index (χ3n) is 6.52. The summed E-state index contributed by atoms with van der Waals surface area (Å²) in [7, 11) is 0. The van der Waals surface area contributed by atoms with Gasteiger partial charge in [-0.1, -0.05) is 78.9 Å². The van der Waals surface area contributed by atoms with Crippen LogP contribution in [-0.2, 0) is 0 Å². The number of halogens is 1. The first-order valence-electron chi connectivity index (χ1n) is 10.3. The molecule has 2 aliphatic heterocycles. The average Bonchev–Trinajstić information content (AvgIpc) is 3.15. The maximum Gasteiger partial charge on any atom is 0.187 e. The van der Waals surface area contributed by atoms with E-state index >= 15 is 0 Å². The molecule has 1 fully saturated rings. The van der Waals surface area contributed by atoms with Gasteiger partial charge in [-0.15, -0.1) is 0 Å². The van der Waals surface area contributed by atoms with Crippen LogP contribution in [-0.4, -0.2) is 17.9 Å². The van der Waals surface area contributed by atoms with Gasteiger partial charge in [0.1, 0.15) is 6.04 Å². The summed E-state index contributed by atoms with van der Waals surface area (Å²) < 4.78 is 0.795. The number of fused-ring (bicyclic) bond motifs is 3. The molecule has 5 rings (SSSR count). The Morgan fingerprint density at radius 3 is 2.34 bits per heavy atom. The molecule has 2 aliphatic rings. The van der Waals surface area contributed by atoms with Crippen molar-refractivity contribution in [2.45, 2.75) is 18.0 Å². The number of hydrogen-bond acceptors (Lipinski definition) is 4. The highest BCUT2D eigenvalue weighted by atomic mass is 127. The molecule has 3 aromatic carbocycles. The van der Waals surface area contributed by atoms with Crippen LogP contribution in [0, 0.1) is 31.6 Å². The van der Waals surface area contributed by atoms with E-state index in [1.54, 1.807) is 6.07 Å². The standard InChI is InChI=1S/C27H18IN3O/c28-21-12-6-5-11-20(21)26(32)27(17-30)24-15-14-18-8-4-7-13-22(18)31(24)23(16-29)25(27)19-9-2-1-3-10-19/h1-15,23-25H. The van der Waals surface area contributed by atoms with Crippen LogP contribution in [0.4, 0.5) is 5.69 Å². The number of anilines is 1. The fourth-order valence-electron chi connectivity index (χ4n) is 5.16. The number of carbonyl (C=O) groups excluding carboxylic acids is 1. The molecule has 0 aliphatic carbocycles. The van der Waals surface area contributed by atoms with E-state index in [4.69, 9.17) is 0 Å². The van der Waals surface area contributed by atoms with Gasteiger partial charge in [-0.3, -0.25) is 4.79 Å². The molecule has 154 valence electrons. The maximum atomic E-state index is 14.2. The van der Waals surface area contributed by atoms with E-state index in [-0.39, 0.29) is 5.78 Å². The second-order valence-corrected chi connectivity index (χ2v) is 9.18. The van der Waals surface area contributed by atoms with Crippen molar-refractivity contribution < 1.29 is 4.79 Å². The van der Waals surface area contributed by atoms with E-state index in [1.807, 2.05) is 89.8 Å². The maximum absolute atomic E-state index is 14.2. The van der Waals surface area contributed by atoms with E-state index in [0.29, 0.717) is 5.56 Å². The topological polar surface area (TPSA) is 67.9 Å². The minimum absolute atomic E-state index is 0.240. The minimum atomic E-state index is -1.45. The zero-order valence-electron chi connectivity index (χ0n) is 17.0. The fraction of sp³-hybridized carbons (Fsp3) is 0.148. The van der Waals surface area contributed by atoms with Crippen LogP contribution in [0.15, 0.2) is 84.9 Å². The Bertz CT molecular complexity index is 1320. The van der Waals surface area contributed by atoms with Gasteiger partial charge in [-0.2, -0.15) is 10.5 Å². The Kier molecular flexibility index (Phi) is 5.07. The third kappa shape index (κ3) is 2.82. The van der Waals surface area contributed by atoms with Crippen molar-refractivity contribution in [1.82, 2.24) is 0 Å². The fourth-order valence-corrected chi connectivity index (χ4v) is 5.79. The Balaban J connectivity index is 1.81. The predicted molar refractivity (Wildman–Crippen MR) is 132 cm³/mol. The summed E-state index contributed by atoms with van der Waals surface area (Å²) in [6.45, 7) is 0. The largest absolute Gasteiger partial charge is 0.346 e. The van der Waals surface area contributed by atoms with Crippen molar-refractivity contribution in [3.63, 3.8) is 0 Å². The Morgan fingerprint density at radius 2 is 1.62 bits per heavy atom. The first-order valence-corrected chi connectivity index (χ1v) is 11.4. The molecule has 0 bridgehead atoms. The van der Waals surface area contributed by atoms with Crippen molar-refractivity contribution in [2.75, 3.05) is 4.90 Å². The predicted octanol–water partition coefficient (Wildman–Crippen LogP) is 5.58. The van der Waals surface area contributed by atoms with E-state index < -0.39 is 23.4 Å². The zero-order chi connectivity index (χ0) is 22.3. The summed E-state index contributed by atoms with van der Waals surface area (Å²) >= 11 is 2.14. The monoisotopic (exact) mass is 527 g/mol. The van der Waals surface area contributed by atoms with Crippen molar-refractivity contribution in [3.8, 4) is 12.1 Å². The SMILES string of the molecule is N#CC1C(c2ccccc2)C(C#N)(C(=O)c2ccccc2I)C2C=Cc3ccccc3N12. The molecular formula is C27H18IN3O. The van der Waals surface area contributed by atoms with E-state index in [2.05, 4.69) is 34.7 Å². The molecule has 0 amide bonds. The van der Waals surface area contributed by atoms with Gasteiger partial charge in [0.15, 0.2) is 11.2 Å². The summed E-state index contributed by atoms with van der Waals surface area (Å²) in [6, 6.07) is 28.4. The minimum Gasteiger partial charge on any atom is -0.346 e. The van der Waals surface area contributed by atoms with Crippen LogP contribution in [0.1, 0.15) is 27.4 Å². The van der Waals surface area contributed by atoms with Gasteiger partial charge in [0.25, 0.3) is 0 Å². The highest BCUT2D eigenvalue weighted by Gasteiger charge is 2.65. The van der Waals surface area contributed by atoms with Crippen LogP contribution < -0.4 is 4.90 Å². The van der Waals surface area contributed by atoms with Crippen LogP contribution in [0.5, 0.6) is 0 Å². The van der Waals surface area contributed by atoms with E-state index in [9.17, 15) is 15.3 Å². The number of rotatable bonds is 3. The molecule has 0 aromatic heterocycles. The highest BCUT2D eigenvalue weighted by molar-refractivity contribution is 14.1. The molecule has 4 atom stereocenters. The summed E-state index contributed by atoms with van der Waals surface area (Å²) in [5.41, 5.74) is 1.74. The van der Waals surface area contributed by atoms with Crippen LogP contribution in [0.25, 0.3) is 6.08 Å². The van der Waals surface area contributed by atoms with Crippen molar-refractivity contribution in [2.24, 2.45) is 5.41 Å². The highest BCUT2D eigenvalue weighted by Crippen LogP contribution is 2.56. The molecule has 32 heavy (non-hydrogen) atoms. The number of hydrogen-bond donors (Lipinski definition) is 0. The van der Waals surface area contributed by atoms with Crippen LogP contribution >= 0.6 is 22.6 Å². The second-order valence-electron chi connectivity index (χ2n) is 8.02. The first kappa shape index (κ1) is 20.5. The zero-order valence-corrected chi connectivity index (χ0v) is 19.2. The normalized spacial score (nSPS) is 25.3. The van der Waals surface area contributed by atoms with Crippen molar-refractivity contribution in [3.05, 3.63) is 105 Å². The molecule has 1 saturated heterocycles.